The van der Waals surface area contributed by atoms with Gasteiger partial charge in [0.25, 0.3) is 5.56 Å². The van der Waals surface area contributed by atoms with Gasteiger partial charge in [-0.15, -0.1) is 11.8 Å². The molecular formula is C17H14N2O3S2. The zero-order valence-electron chi connectivity index (χ0n) is 12.8. The molecule has 3 rings (SSSR count). The van der Waals surface area contributed by atoms with Gasteiger partial charge in [-0.25, -0.2) is 4.79 Å². The molecule has 3 aromatic rings. The summed E-state index contributed by atoms with van der Waals surface area (Å²) in [4.78, 5) is 27.8. The minimum atomic E-state index is -1.05. The van der Waals surface area contributed by atoms with E-state index in [4.69, 9.17) is 17.3 Å². The van der Waals surface area contributed by atoms with Crippen molar-refractivity contribution in [3.63, 3.8) is 0 Å². The van der Waals surface area contributed by atoms with Crippen molar-refractivity contribution in [2.75, 3.05) is 6.26 Å². The number of aromatic nitrogens is 2. The summed E-state index contributed by atoms with van der Waals surface area (Å²) in [6, 6.07) is 12.3. The third-order valence-electron chi connectivity index (χ3n) is 3.73. The van der Waals surface area contributed by atoms with Crippen molar-refractivity contribution in [1.29, 1.82) is 0 Å². The number of hydrogen-bond donors (Lipinski definition) is 2. The molecule has 0 saturated heterocycles. The second-order valence-electron chi connectivity index (χ2n) is 5.24. The Morgan fingerprint density at radius 2 is 1.96 bits per heavy atom. The van der Waals surface area contributed by atoms with E-state index in [0.29, 0.717) is 17.4 Å². The number of nitrogens with one attached hydrogen (secondary N) is 1. The Morgan fingerprint density at radius 3 is 2.58 bits per heavy atom. The second kappa shape index (κ2) is 6.62. The van der Waals surface area contributed by atoms with Crippen LogP contribution in [-0.2, 0) is 6.54 Å². The summed E-state index contributed by atoms with van der Waals surface area (Å²) in [6.45, 7) is 0.361. The average molecular weight is 358 g/mol. The molecule has 0 bridgehead atoms. The molecule has 0 amide bonds. The number of nitrogens with zero attached hydrogens (tertiary/aromatic N) is 1. The molecule has 122 valence electrons. The van der Waals surface area contributed by atoms with Crippen LogP contribution in [0.4, 0.5) is 0 Å². The van der Waals surface area contributed by atoms with Crippen LogP contribution in [-0.4, -0.2) is 26.9 Å². The van der Waals surface area contributed by atoms with Gasteiger partial charge in [-0.2, -0.15) is 0 Å². The van der Waals surface area contributed by atoms with E-state index in [9.17, 15) is 9.59 Å². The lowest BCUT2D eigenvalue weighted by atomic mass is 10.1. The smallest absolute Gasteiger partial charge is 0.335 e. The monoisotopic (exact) mass is 358 g/mol. The molecule has 7 heteroatoms. The van der Waals surface area contributed by atoms with Crippen LogP contribution in [0.5, 0.6) is 0 Å². The summed E-state index contributed by atoms with van der Waals surface area (Å²) < 4.78 is 1.75. The maximum Gasteiger partial charge on any atom is 0.335 e. The van der Waals surface area contributed by atoms with Gasteiger partial charge in [0, 0.05) is 4.90 Å². The summed E-state index contributed by atoms with van der Waals surface area (Å²) in [5.74, 6) is -1.05. The lowest BCUT2D eigenvalue weighted by molar-refractivity contribution is 0.0697. The molecule has 0 spiro atoms. The molecule has 0 unspecified atom stereocenters. The first kappa shape index (κ1) is 16.5. The Morgan fingerprint density at radius 1 is 1.25 bits per heavy atom. The highest BCUT2D eigenvalue weighted by molar-refractivity contribution is 7.98. The lowest BCUT2D eigenvalue weighted by Crippen LogP contribution is -2.23. The zero-order chi connectivity index (χ0) is 17.3. The van der Waals surface area contributed by atoms with E-state index in [-0.39, 0.29) is 15.9 Å². The minimum absolute atomic E-state index is 0.109. The predicted molar refractivity (Wildman–Crippen MR) is 97.7 cm³/mol. The topological polar surface area (TPSA) is 75.1 Å². The Hall–Kier alpha value is -2.38. The third kappa shape index (κ3) is 3.13. The van der Waals surface area contributed by atoms with Crippen LogP contribution < -0.4 is 5.56 Å². The Labute approximate surface area is 147 Å². The standard InChI is InChI=1S/C17H14N2O3S2/c1-24-12-5-2-10(3-6-12)9-19-15(20)13-7-4-11(16(21)22)8-14(13)18-17(19)23/h2-8H,9H2,1H3,(H,18,23)(H,21,22). The number of carboxylic acid groups (broad SMARTS) is 1. The SMILES string of the molecule is CSc1ccc(Cn2c(=S)[nH]c3cc(C(=O)O)ccc3c2=O)cc1. The fourth-order valence-electron chi connectivity index (χ4n) is 2.44. The quantitative estimate of drug-likeness (QED) is 0.551. The number of fused-ring (bicyclic) bond motifs is 1. The van der Waals surface area contributed by atoms with Crippen molar-refractivity contribution >= 4 is 40.9 Å². The highest BCUT2D eigenvalue weighted by Crippen LogP contribution is 2.16. The molecule has 1 heterocycles. The predicted octanol–water partition coefficient (Wildman–Crippen LogP) is 3.53. The van der Waals surface area contributed by atoms with Crippen molar-refractivity contribution in [2.45, 2.75) is 11.4 Å². The molecule has 5 nitrogen and oxygen atoms in total. The van der Waals surface area contributed by atoms with Crippen molar-refractivity contribution in [3.8, 4) is 0 Å². The summed E-state index contributed by atoms with van der Waals surface area (Å²) >= 11 is 6.93. The number of benzene rings is 2. The maximum absolute atomic E-state index is 12.7. The fraction of sp³-hybridized carbons (Fsp3) is 0.118. The number of carbonyl (C=O) groups is 1. The normalized spacial score (nSPS) is 10.9. The largest absolute Gasteiger partial charge is 0.478 e. The van der Waals surface area contributed by atoms with Crippen LogP contribution in [0.25, 0.3) is 10.9 Å². The lowest BCUT2D eigenvalue weighted by Gasteiger charge is -2.09. The van der Waals surface area contributed by atoms with Crippen molar-refractivity contribution in [1.82, 2.24) is 9.55 Å². The summed E-state index contributed by atoms with van der Waals surface area (Å²) in [6.07, 6.45) is 2.00. The van der Waals surface area contributed by atoms with Gasteiger partial charge in [-0.05, 0) is 54.4 Å². The summed E-state index contributed by atoms with van der Waals surface area (Å²) in [5, 5.41) is 9.46. The van der Waals surface area contributed by atoms with E-state index in [1.165, 1.54) is 22.8 Å². The number of hydrogen-bond acceptors (Lipinski definition) is 4. The van der Waals surface area contributed by atoms with Gasteiger partial charge in [-0.3, -0.25) is 9.36 Å². The van der Waals surface area contributed by atoms with Gasteiger partial charge in [-0.1, -0.05) is 12.1 Å². The van der Waals surface area contributed by atoms with E-state index in [0.717, 1.165) is 10.5 Å². The van der Waals surface area contributed by atoms with Crippen LogP contribution >= 0.6 is 24.0 Å². The van der Waals surface area contributed by atoms with E-state index in [1.807, 2.05) is 30.5 Å². The zero-order valence-corrected chi connectivity index (χ0v) is 14.4. The molecule has 0 atom stereocenters. The number of carboxylic acids is 1. The number of H-pyrrole nitrogens is 1. The molecule has 1 aromatic heterocycles. The van der Waals surface area contributed by atoms with Gasteiger partial charge in [0.2, 0.25) is 0 Å². The highest BCUT2D eigenvalue weighted by atomic mass is 32.2. The van der Waals surface area contributed by atoms with Gasteiger partial charge in [0.15, 0.2) is 4.77 Å². The summed E-state index contributed by atoms with van der Waals surface area (Å²) in [5.41, 5.74) is 1.27. The first-order valence-electron chi connectivity index (χ1n) is 7.12. The van der Waals surface area contributed by atoms with E-state index in [2.05, 4.69) is 4.98 Å². The van der Waals surface area contributed by atoms with E-state index in [1.54, 1.807) is 11.8 Å². The number of thioether (sulfide) groups is 1. The Kier molecular flexibility index (Phi) is 4.55. The average Bonchev–Trinajstić information content (AvgIpc) is 2.58. The minimum Gasteiger partial charge on any atom is -0.478 e. The van der Waals surface area contributed by atoms with Crippen LogP contribution in [0.15, 0.2) is 52.2 Å². The fourth-order valence-corrected chi connectivity index (χ4v) is 3.11. The molecule has 2 aromatic carbocycles. The first-order valence-corrected chi connectivity index (χ1v) is 8.76. The second-order valence-corrected chi connectivity index (χ2v) is 6.50. The first-order chi connectivity index (χ1) is 11.5. The van der Waals surface area contributed by atoms with Crippen LogP contribution in [0.3, 0.4) is 0 Å². The maximum atomic E-state index is 12.7. The van der Waals surface area contributed by atoms with Gasteiger partial charge in [0.1, 0.15) is 0 Å². The number of aromatic carboxylic acids is 1. The van der Waals surface area contributed by atoms with Crippen LogP contribution in [0.1, 0.15) is 15.9 Å². The molecule has 0 aliphatic heterocycles. The van der Waals surface area contributed by atoms with Gasteiger partial charge < -0.3 is 10.1 Å². The van der Waals surface area contributed by atoms with E-state index < -0.39 is 5.97 Å². The van der Waals surface area contributed by atoms with Crippen molar-refractivity contribution < 1.29 is 9.90 Å². The van der Waals surface area contributed by atoms with Crippen molar-refractivity contribution in [3.05, 3.63) is 68.7 Å². The number of rotatable bonds is 4. The van der Waals surface area contributed by atoms with Gasteiger partial charge in [0.05, 0.1) is 23.0 Å². The Bertz CT molecular complexity index is 1040. The molecule has 24 heavy (non-hydrogen) atoms. The Balaban J connectivity index is 2.08. The molecule has 0 saturated carbocycles. The molecular weight excluding hydrogens is 344 g/mol. The van der Waals surface area contributed by atoms with Crippen LogP contribution in [0.2, 0.25) is 0 Å². The molecule has 0 aliphatic rings. The van der Waals surface area contributed by atoms with Crippen molar-refractivity contribution in [2.24, 2.45) is 0 Å². The van der Waals surface area contributed by atoms with Crippen LogP contribution in [0, 0.1) is 4.77 Å². The van der Waals surface area contributed by atoms with E-state index >= 15 is 0 Å². The molecule has 0 fully saturated rings. The highest BCUT2D eigenvalue weighted by Gasteiger charge is 2.09. The molecule has 0 radical (unpaired) electrons. The summed E-state index contributed by atoms with van der Waals surface area (Å²) in [7, 11) is 0. The molecule has 2 N–H and O–H groups in total. The molecule has 0 aliphatic carbocycles. The van der Waals surface area contributed by atoms with Gasteiger partial charge >= 0.3 is 5.97 Å². The number of aromatic amines is 1. The third-order valence-corrected chi connectivity index (χ3v) is 4.79.